The van der Waals surface area contributed by atoms with Crippen LogP contribution in [0.2, 0.25) is 5.02 Å². The van der Waals surface area contributed by atoms with Gasteiger partial charge in [-0.1, -0.05) is 11.6 Å². The molecule has 4 heterocycles. The van der Waals surface area contributed by atoms with Crippen molar-refractivity contribution in [3.63, 3.8) is 0 Å². The lowest BCUT2D eigenvalue weighted by Crippen LogP contribution is -2.57. The van der Waals surface area contributed by atoms with Gasteiger partial charge in [0.25, 0.3) is 0 Å². The Morgan fingerprint density at radius 1 is 1.31 bits per heavy atom. The molecule has 12 heteroatoms. The first kappa shape index (κ1) is 23.6. The smallest absolute Gasteiger partial charge is 0.372 e. The van der Waals surface area contributed by atoms with Gasteiger partial charge in [-0.3, -0.25) is 14.7 Å². The number of aromatic amines is 1. The zero-order chi connectivity index (χ0) is 25.0. The quantitative estimate of drug-likeness (QED) is 0.420. The van der Waals surface area contributed by atoms with Crippen molar-refractivity contribution in [1.29, 1.82) is 0 Å². The lowest BCUT2D eigenvalue weighted by Gasteiger charge is -2.42. The molecule has 5 rings (SSSR count). The minimum Gasteiger partial charge on any atom is -0.372 e. The van der Waals surface area contributed by atoms with Crippen LogP contribution in [0.15, 0.2) is 43.0 Å². The number of alkyl halides is 3. The van der Waals surface area contributed by atoms with Crippen LogP contribution in [0, 0.1) is 0 Å². The van der Waals surface area contributed by atoms with Crippen molar-refractivity contribution in [3.05, 3.63) is 53.8 Å². The van der Waals surface area contributed by atoms with E-state index in [9.17, 15) is 18.0 Å². The Morgan fingerprint density at radius 3 is 2.89 bits per heavy atom. The Kier molecular flexibility index (Phi) is 5.73. The number of benzene rings is 1. The molecule has 35 heavy (non-hydrogen) atoms. The monoisotopic (exact) mass is 506 g/mol. The molecule has 3 aromatic heterocycles. The molecule has 0 spiro atoms. The molecule has 1 aliphatic heterocycles. The maximum absolute atomic E-state index is 13.4. The molecule has 0 saturated carbocycles. The highest BCUT2D eigenvalue weighted by Crippen LogP contribution is 2.34. The Morgan fingerprint density at radius 2 is 2.11 bits per heavy atom. The van der Waals surface area contributed by atoms with Crippen molar-refractivity contribution in [2.45, 2.75) is 38.3 Å². The molecular formula is C23H22ClF3N6O2. The second kappa shape index (κ2) is 8.51. The maximum Gasteiger partial charge on any atom is 0.489 e. The van der Waals surface area contributed by atoms with E-state index in [0.29, 0.717) is 16.2 Å². The number of anilines is 1. The van der Waals surface area contributed by atoms with Crippen LogP contribution >= 0.6 is 11.6 Å². The van der Waals surface area contributed by atoms with Gasteiger partial charge in [0.1, 0.15) is 11.9 Å². The molecule has 184 valence electrons. The number of carbonyl (C=O) groups excluding carboxylic acids is 1. The van der Waals surface area contributed by atoms with Gasteiger partial charge in [0.05, 0.1) is 41.7 Å². The number of H-pyrrole nitrogens is 1. The summed E-state index contributed by atoms with van der Waals surface area (Å²) in [7, 11) is 0. The van der Waals surface area contributed by atoms with Gasteiger partial charge in [-0.25, -0.2) is 9.55 Å². The van der Waals surface area contributed by atoms with E-state index in [4.69, 9.17) is 16.3 Å². The molecule has 1 atom stereocenters. The van der Waals surface area contributed by atoms with Gasteiger partial charge in [0.15, 0.2) is 0 Å². The summed E-state index contributed by atoms with van der Waals surface area (Å²) in [5.41, 5.74) is 1.25. The molecule has 0 radical (unpaired) electrons. The molecule has 1 fully saturated rings. The molecule has 0 unspecified atom stereocenters. The number of carbonyl (C=O) groups is 1. The van der Waals surface area contributed by atoms with Gasteiger partial charge in [-0.2, -0.15) is 0 Å². The van der Waals surface area contributed by atoms with E-state index in [1.165, 1.54) is 0 Å². The summed E-state index contributed by atoms with van der Waals surface area (Å²) in [6, 6.07) is 4.42. The molecule has 8 nitrogen and oxygen atoms in total. The highest BCUT2D eigenvalue weighted by atomic mass is 35.5. The van der Waals surface area contributed by atoms with Crippen molar-refractivity contribution in [3.8, 4) is 0 Å². The number of amides is 1. The lowest BCUT2D eigenvalue weighted by molar-refractivity contribution is -0.206. The second-order valence-electron chi connectivity index (χ2n) is 9.08. The van der Waals surface area contributed by atoms with Gasteiger partial charge < -0.3 is 15.0 Å². The van der Waals surface area contributed by atoms with Crippen LogP contribution in [0.4, 0.5) is 18.9 Å². The normalized spacial score (nSPS) is 18.9. The number of rotatable bonds is 4. The summed E-state index contributed by atoms with van der Waals surface area (Å²) in [5.74, 6) is -0.632. The van der Waals surface area contributed by atoms with Gasteiger partial charge in [0.2, 0.25) is 5.91 Å². The highest BCUT2D eigenvalue weighted by molar-refractivity contribution is 6.33. The van der Waals surface area contributed by atoms with Crippen LogP contribution in [0.5, 0.6) is 0 Å². The van der Waals surface area contributed by atoms with Crippen molar-refractivity contribution in [2.24, 2.45) is 0 Å². The van der Waals surface area contributed by atoms with E-state index in [1.54, 1.807) is 29.4 Å². The van der Waals surface area contributed by atoms with Crippen LogP contribution in [0.1, 0.15) is 19.7 Å². The van der Waals surface area contributed by atoms with E-state index < -0.39 is 23.9 Å². The average molecular weight is 507 g/mol. The number of morpholine rings is 1. The van der Waals surface area contributed by atoms with E-state index in [2.05, 4.69) is 20.3 Å². The van der Waals surface area contributed by atoms with Gasteiger partial charge in [-0.05, 0) is 32.0 Å². The average Bonchev–Trinajstić information content (AvgIpc) is 3.38. The van der Waals surface area contributed by atoms with Gasteiger partial charge in [0, 0.05) is 40.9 Å². The highest BCUT2D eigenvalue weighted by Gasteiger charge is 2.40. The minimum atomic E-state index is -4.61. The SMILES string of the molecule is CC1(C)CN(Cc2nccn2C(F)(F)F)[C@H](C(=O)Nc2cc(Cl)cc3c2[nH]c2cnccc23)CO1. The molecule has 0 bridgehead atoms. The molecule has 1 amide bonds. The molecule has 1 aliphatic rings. The number of hydrogen-bond donors (Lipinski definition) is 2. The number of aromatic nitrogens is 4. The Bertz CT molecular complexity index is 1410. The molecule has 1 aromatic carbocycles. The zero-order valence-corrected chi connectivity index (χ0v) is 19.6. The van der Waals surface area contributed by atoms with Gasteiger partial charge in [-0.15, -0.1) is 13.2 Å². The first-order valence-electron chi connectivity index (χ1n) is 10.8. The van der Waals surface area contributed by atoms with Crippen LogP contribution in [0.3, 0.4) is 0 Å². The molecule has 4 aromatic rings. The largest absolute Gasteiger partial charge is 0.489 e. The number of fused-ring (bicyclic) bond motifs is 3. The molecule has 1 saturated heterocycles. The first-order valence-corrected chi connectivity index (χ1v) is 11.2. The standard InChI is InChI=1S/C23H22ClF3N6O2/c1-22(2)12-32(10-19-29-5-6-33(19)23(25,26)27)18(11-35-22)21(34)31-16-8-13(24)7-15-14-3-4-28-9-17(14)30-20(15)16/h3-9,18,30H,10-12H2,1-2H3,(H,31,34)/t18-/m0/s1. The lowest BCUT2D eigenvalue weighted by atomic mass is 10.0. The summed E-state index contributed by atoms with van der Waals surface area (Å²) in [5, 5.41) is 5.03. The zero-order valence-electron chi connectivity index (χ0n) is 18.9. The summed E-state index contributed by atoms with van der Waals surface area (Å²) in [6.45, 7) is 3.71. The third-order valence-electron chi connectivity index (χ3n) is 6.03. The van der Waals surface area contributed by atoms with Crippen LogP contribution in [0.25, 0.3) is 21.8 Å². The van der Waals surface area contributed by atoms with Crippen LogP contribution in [-0.4, -0.2) is 55.1 Å². The third kappa shape index (κ3) is 4.58. The number of ether oxygens (including phenoxy) is 1. The van der Waals surface area contributed by atoms with Crippen molar-refractivity contribution in [2.75, 3.05) is 18.5 Å². The van der Waals surface area contributed by atoms with Gasteiger partial charge >= 0.3 is 6.30 Å². The number of imidazole rings is 1. The first-order chi connectivity index (χ1) is 16.5. The third-order valence-corrected chi connectivity index (χ3v) is 6.24. The van der Waals surface area contributed by atoms with Crippen LogP contribution < -0.4 is 5.32 Å². The minimum absolute atomic E-state index is 0.00584. The van der Waals surface area contributed by atoms with E-state index in [1.807, 2.05) is 19.9 Å². The van der Waals surface area contributed by atoms with E-state index in [-0.39, 0.29) is 30.1 Å². The number of nitrogens with one attached hydrogen (secondary N) is 2. The topological polar surface area (TPSA) is 88.1 Å². The fourth-order valence-electron chi connectivity index (χ4n) is 4.46. The number of nitrogens with zero attached hydrogens (tertiary/aromatic N) is 4. The fourth-order valence-corrected chi connectivity index (χ4v) is 4.68. The number of hydrogen-bond acceptors (Lipinski definition) is 5. The Labute approximate surface area is 203 Å². The summed E-state index contributed by atoms with van der Waals surface area (Å²) in [6.07, 6.45) is 0.692. The maximum atomic E-state index is 13.4. The molecule has 2 N–H and O–H groups in total. The Balaban J connectivity index is 1.46. The van der Waals surface area contributed by atoms with Crippen molar-refractivity contribution in [1.82, 2.24) is 24.4 Å². The predicted octanol–water partition coefficient (Wildman–Crippen LogP) is 4.66. The number of halogens is 4. The molecule has 0 aliphatic carbocycles. The predicted molar refractivity (Wildman–Crippen MR) is 125 cm³/mol. The van der Waals surface area contributed by atoms with Crippen LogP contribution in [-0.2, 0) is 22.4 Å². The van der Waals surface area contributed by atoms with Crippen molar-refractivity contribution < 1.29 is 22.7 Å². The summed E-state index contributed by atoms with van der Waals surface area (Å²) in [4.78, 5) is 26.3. The second-order valence-corrected chi connectivity index (χ2v) is 9.52. The van der Waals surface area contributed by atoms with E-state index in [0.717, 1.165) is 28.7 Å². The summed E-state index contributed by atoms with van der Waals surface area (Å²) >= 11 is 6.34. The molecular weight excluding hydrogens is 485 g/mol. The number of pyridine rings is 1. The van der Waals surface area contributed by atoms with Crippen molar-refractivity contribution >= 4 is 45.0 Å². The summed E-state index contributed by atoms with van der Waals surface area (Å²) < 4.78 is 46.2. The van der Waals surface area contributed by atoms with E-state index >= 15 is 0 Å². The fraction of sp³-hybridized carbons (Fsp3) is 0.348. The Hall–Kier alpha value is -3.15.